The first kappa shape index (κ1) is 6.88. The number of aromatic nitrogens is 2. The lowest BCUT2D eigenvalue weighted by molar-refractivity contribution is 0.722. The summed E-state index contributed by atoms with van der Waals surface area (Å²) in [5.74, 6) is 3.55. The number of rotatable bonds is 1. The van der Waals surface area contributed by atoms with Crippen molar-refractivity contribution in [1.29, 1.82) is 0 Å². The maximum absolute atomic E-state index is 5.23. The summed E-state index contributed by atoms with van der Waals surface area (Å²) >= 11 is 0. The molecule has 52 valence electrons. The Morgan fingerprint density at radius 2 is 2.50 bits per heavy atom. The number of aryl methyl sites for hydroxylation is 1. The van der Waals surface area contributed by atoms with Crippen molar-refractivity contribution in [1.82, 2.24) is 9.55 Å². The van der Waals surface area contributed by atoms with Gasteiger partial charge in [0, 0.05) is 6.54 Å². The molecule has 2 nitrogen and oxygen atoms in total. The Morgan fingerprint density at radius 3 is 2.90 bits per heavy atom. The molecule has 0 spiro atoms. The van der Waals surface area contributed by atoms with Crippen LogP contribution in [0.2, 0.25) is 0 Å². The lowest BCUT2D eigenvalue weighted by Crippen LogP contribution is -1.99. The molecule has 1 aromatic heterocycles. The second kappa shape index (κ2) is 2.57. The quantitative estimate of drug-likeness (QED) is 0.527. The van der Waals surface area contributed by atoms with Gasteiger partial charge in [0.15, 0.2) is 0 Å². The van der Waals surface area contributed by atoms with Crippen LogP contribution in [0.5, 0.6) is 0 Å². The molecule has 0 saturated carbocycles. The van der Waals surface area contributed by atoms with Gasteiger partial charge in [-0.05, 0) is 13.8 Å². The molecule has 0 radical (unpaired) electrons. The Balaban J connectivity index is 3.16. The zero-order chi connectivity index (χ0) is 7.56. The van der Waals surface area contributed by atoms with Crippen molar-refractivity contribution < 1.29 is 0 Å². The van der Waals surface area contributed by atoms with E-state index in [-0.39, 0.29) is 0 Å². The van der Waals surface area contributed by atoms with Crippen LogP contribution in [0.15, 0.2) is 6.20 Å². The Kier molecular flexibility index (Phi) is 1.77. The molecule has 1 rings (SSSR count). The maximum atomic E-state index is 5.23. The number of hydrogen-bond acceptors (Lipinski definition) is 1. The lowest BCUT2D eigenvalue weighted by atomic mass is 10.5. The highest BCUT2D eigenvalue weighted by Crippen LogP contribution is 2.01. The second-order valence-electron chi connectivity index (χ2n) is 2.08. The summed E-state index contributed by atoms with van der Waals surface area (Å²) in [5.41, 5.74) is 0.861. The predicted molar refractivity (Wildman–Crippen MR) is 40.6 cm³/mol. The van der Waals surface area contributed by atoms with Crippen molar-refractivity contribution in [3.63, 3.8) is 0 Å². The zero-order valence-electron chi connectivity index (χ0n) is 6.26. The summed E-state index contributed by atoms with van der Waals surface area (Å²) in [5, 5.41) is 0. The minimum Gasteiger partial charge on any atom is -0.322 e. The van der Waals surface area contributed by atoms with E-state index in [1.165, 1.54) is 0 Å². The normalized spacial score (nSPS) is 9.30. The van der Waals surface area contributed by atoms with Crippen LogP contribution < -0.4 is 0 Å². The Morgan fingerprint density at radius 1 is 1.80 bits per heavy atom. The highest BCUT2D eigenvalue weighted by molar-refractivity contribution is 5.24. The highest BCUT2D eigenvalue weighted by Gasteiger charge is 1.99. The number of hydrogen-bond donors (Lipinski definition) is 0. The third-order valence-electron chi connectivity index (χ3n) is 1.52. The summed E-state index contributed by atoms with van der Waals surface area (Å²) in [6.07, 6.45) is 6.95. The zero-order valence-corrected chi connectivity index (χ0v) is 6.26. The Bertz CT molecular complexity index is 265. The van der Waals surface area contributed by atoms with Crippen LogP contribution >= 0.6 is 0 Å². The van der Waals surface area contributed by atoms with Crippen molar-refractivity contribution in [2.24, 2.45) is 0 Å². The smallest absolute Gasteiger partial charge is 0.112 e. The predicted octanol–water partition coefficient (Wildman–Crippen LogP) is 1.19. The van der Waals surface area contributed by atoms with Gasteiger partial charge in [-0.1, -0.05) is 5.92 Å². The largest absolute Gasteiger partial charge is 0.322 e. The van der Waals surface area contributed by atoms with Crippen LogP contribution in [0, 0.1) is 19.3 Å². The fourth-order valence-corrected chi connectivity index (χ4v) is 0.983. The van der Waals surface area contributed by atoms with Gasteiger partial charge >= 0.3 is 0 Å². The molecule has 0 aliphatic heterocycles. The molecular weight excluding hydrogens is 124 g/mol. The lowest BCUT2D eigenvalue weighted by Gasteiger charge is -1.99. The third-order valence-corrected chi connectivity index (χ3v) is 1.52. The van der Waals surface area contributed by atoms with Gasteiger partial charge in [-0.15, -0.1) is 6.42 Å². The van der Waals surface area contributed by atoms with E-state index in [4.69, 9.17) is 6.42 Å². The standard InChI is InChI=1S/C8H10N2/c1-4-8-6-9-7(3)10(8)5-2/h1,6H,5H2,2-3H3. The Labute approximate surface area is 60.9 Å². The van der Waals surface area contributed by atoms with Gasteiger partial charge in [-0.2, -0.15) is 0 Å². The van der Waals surface area contributed by atoms with Gasteiger partial charge in [0.25, 0.3) is 0 Å². The minimum absolute atomic E-state index is 0.861. The first-order valence-corrected chi connectivity index (χ1v) is 3.28. The minimum atomic E-state index is 0.861. The van der Waals surface area contributed by atoms with Gasteiger partial charge in [0.2, 0.25) is 0 Å². The van der Waals surface area contributed by atoms with Gasteiger partial charge in [0.1, 0.15) is 11.5 Å². The average Bonchev–Trinajstić information content (AvgIpc) is 2.30. The van der Waals surface area contributed by atoms with Crippen LogP contribution in [-0.2, 0) is 6.54 Å². The molecule has 0 fully saturated rings. The van der Waals surface area contributed by atoms with Crippen LogP contribution in [-0.4, -0.2) is 9.55 Å². The molecule has 0 aromatic carbocycles. The molecule has 0 unspecified atom stereocenters. The summed E-state index contributed by atoms with van der Waals surface area (Å²) in [4.78, 5) is 4.08. The van der Waals surface area contributed by atoms with E-state index in [2.05, 4.69) is 17.8 Å². The summed E-state index contributed by atoms with van der Waals surface area (Å²) < 4.78 is 2.00. The van der Waals surface area contributed by atoms with Crippen LogP contribution in [0.1, 0.15) is 18.4 Å². The molecule has 1 aromatic rings. The molecule has 0 N–H and O–H groups in total. The van der Waals surface area contributed by atoms with Crippen molar-refractivity contribution in [3.8, 4) is 12.3 Å². The van der Waals surface area contributed by atoms with Gasteiger partial charge in [-0.25, -0.2) is 4.98 Å². The molecule has 0 aliphatic rings. The third kappa shape index (κ3) is 0.906. The van der Waals surface area contributed by atoms with E-state index in [1.807, 2.05) is 11.5 Å². The topological polar surface area (TPSA) is 17.8 Å². The number of terminal acetylenes is 1. The summed E-state index contributed by atoms with van der Waals surface area (Å²) in [6.45, 7) is 4.89. The van der Waals surface area contributed by atoms with Crippen molar-refractivity contribution >= 4 is 0 Å². The van der Waals surface area contributed by atoms with E-state index >= 15 is 0 Å². The van der Waals surface area contributed by atoms with Crippen LogP contribution in [0.25, 0.3) is 0 Å². The van der Waals surface area contributed by atoms with E-state index < -0.39 is 0 Å². The second-order valence-corrected chi connectivity index (χ2v) is 2.08. The molecule has 0 amide bonds. The maximum Gasteiger partial charge on any atom is 0.112 e. The molecule has 1 heterocycles. The number of nitrogens with zero attached hydrogens (tertiary/aromatic N) is 2. The molecule has 10 heavy (non-hydrogen) atoms. The summed E-state index contributed by atoms with van der Waals surface area (Å²) in [6, 6.07) is 0. The fourth-order valence-electron chi connectivity index (χ4n) is 0.983. The van der Waals surface area contributed by atoms with Gasteiger partial charge < -0.3 is 4.57 Å². The van der Waals surface area contributed by atoms with Gasteiger partial charge in [0.05, 0.1) is 6.20 Å². The SMILES string of the molecule is C#Cc1cnc(C)n1CC. The fraction of sp³-hybridized carbons (Fsp3) is 0.375. The van der Waals surface area contributed by atoms with Crippen LogP contribution in [0.4, 0.5) is 0 Å². The van der Waals surface area contributed by atoms with E-state index in [9.17, 15) is 0 Å². The van der Waals surface area contributed by atoms with E-state index in [0.717, 1.165) is 18.1 Å². The van der Waals surface area contributed by atoms with Crippen LogP contribution in [0.3, 0.4) is 0 Å². The molecule has 0 saturated heterocycles. The van der Waals surface area contributed by atoms with Crippen molar-refractivity contribution in [3.05, 3.63) is 17.7 Å². The van der Waals surface area contributed by atoms with E-state index in [1.54, 1.807) is 6.20 Å². The highest BCUT2D eigenvalue weighted by atomic mass is 15.1. The first-order chi connectivity index (χ1) is 4.79. The van der Waals surface area contributed by atoms with Crippen molar-refractivity contribution in [2.45, 2.75) is 20.4 Å². The summed E-state index contributed by atoms with van der Waals surface area (Å²) in [7, 11) is 0. The molecule has 0 atom stereocenters. The number of imidazole rings is 1. The van der Waals surface area contributed by atoms with Crippen molar-refractivity contribution in [2.75, 3.05) is 0 Å². The van der Waals surface area contributed by atoms with Gasteiger partial charge in [-0.3, -0.25) is 0 Å². The molecule has 2 heteroatoms. The first-order valence-electron chi connectivity index (χ1n) is 3.28. The Hall–Kier alpha value is -1.23. The monoisotopic (exact) mass is 134 g/mol. The average molecular weight is 134 g/mol. The molecule has 0 bridgehead atoms. The van der Waals surface area contributed by atoms with E-state index in [0.29, 0.717) is 0 Å². The molecular formula is C8H10N2. The molecule has 0 aliphatic carbocycles.